The number of carbonyl (C=O) groups excluding carboxylic acids is 3. The van der Waals surface area contributed by atoms with E-state index in [2.05, 4.69) is 16.4 Å². The molecule has 1 aliphatic rings. The minimum Gasteiger partial charge on any atom is -0.508 e. The number of halogens is 2. The number of rotatable bonds is 8. The van der Waals surface area contributed by atoms with Gasteiger partial charge in [0.1, 0.15) is 5.75 Å². The molecule has 1 saturated heterocycles. The van der Waals surface area contributed by atoms with Crippen LogP contribution in [0.25, 0.3) is 0 Å². The molecule has 1 unspecified atom stereocenters. The average Bonchev–Trinajstić information content (AvgIpc) is 3.50. The minimum atomic E-state index is -3.31. The van der Waals surface area contributed by atoms with Crippen LogP contribution in [0.3, 0.4) is 0 Å². The molecule has 1 heterocycles. The van der Waals surface area contributed by atoms with Crippen molar-refractivity contribution < 1.29 is 28.3 Å². The van der Waals surface area contributed by atoms with Gasteiger partial charge in [-0.15, -0.1) is 0 Å². The highest BCUT2D eigenvalue weighted by Gasteiger charge is 2.32. The topological polar surface area (TPSA) is 149 Å². The number of aromatic hydroxyl groups is 1. The van der Waals surface area contributed by atoms with Gasteiger partial charge in [-0.1, -0.05) is 36.4 Å². The van der Waals surface area contributed by atoms with Gasteiger partial charge >= 0.3 is 5.92 Å². The highest BCUT2D eigenvalue weighted by Crippen LogP contribution is 2.25. The summed E-state index contributed by atoms with van der Waals surface area (Å²) in [5.74, 6) is -4.36. The molecule has 224 valence electrons. The summed E-state index contributed by atoms with van der Waals surface area (Å²) in [6.07, 6.45) is 4.11. The molecule has 3 aromatic rings. The van der Waals surface area contributed by atoms with E-state index in [1.165, 1.54) is 12.3 Å². The van der Waals surface area contributed by atoms with Crippen LogP contribution in [0.4, 0.5) is 20.2 Å². The van der Waals surface area contributed by atoms with Gasteiger partial charge in [0.25, 0.3) is 11.8 Å². The van der Waals surface area contributed by atoms with E-state index in [0.717, 1.165) is 37.2 Å². The maximum atomic E-state index is 12.6. The van der Waals surface area contributed by atoms with Gasteiger partial charge in [-0.2, -0.15) is 8.78 Å². The molecule has 42 heavy (non-hydrogen) atoms. The quantitative estimate of drug-likeness (QED) is 0.146. The van der Waals surface area contributed by atoms with Crippen LogP contribution in [0.15, 0.2) is 72.8 Å². The van der Waals surface area contributed by atoms with Crippen LogP contribution in [-0.4, -0.2) is 59.5 Å². The molecule has 0 saturated carbocycles. The Morgan fingerprint density at radius 1 is 1.07 bits per heavy atom. The first-order valence-electron chi connectivity index (χ1n) is 13.4. The van der Waals surface area contributed by atoms with Crippen molar-refractivity contribution in [3.63, 3.8) is 0 Å². The number of anilines is 2. The molecule has 0 bridgehead atoms. The summed E-state index contributed by atoms with van der Waals surface area (Å²) in [6.45, 7) is 3.95. The van der Waals surface area contributed by atoms with Crippen LogP contribution in [-0.2, 0) is 16.0 Å². The fraction of sp³-hybridized carbons (Fsp3) is 0.290. The number of hydrogen-bond donors (Lipinski definition) is 5. The number of nitrogens with one attached hydrogen (secondary N) is 3. The fourth-order valence-corrected chi connectivity index (χ4v) is 4.14. The Morgan fingerprint density at radius 3 is 2.31 bits per heavy atom. The third-order valence-electron chi connectivity index (χ3n) is 6.13. The Morgan fingerprint density at radius 2 is 1.71 bits per heavy atom. The lowest BCUT2D eigenvalue weighted by molar-refractivity contribution is -0.143. The molecule has 1 fully saturated rings. The minimum absolute atomic E-state index is 0.0594. The molecule has 3 amide bonds. The van der Waals surface area contributed by atoms with Crippen LogP contribution in [0.1, 0.15) is 48.2 Å². The molecule has 1 aliphatic heterocycles. The second-order valence-corrected chi connectivity index (χ2v) is 9.71. The molecule has 9 nitrogen and oxygen atoms in total. The molecule has 1 atom stereocenters. The van der Waals surface area contributed by atoms with Crippen LogP contribution in [0.5, 0.6) is 5.75 Å². The van der Waals surface area contributed by atoms with Crippen molar-refractivity contribution in [2.45, 2.75) is 45.1 Å². The number of amides is 3. The number of hydrogen-bond acceptors (Lipinski definition) is 6. The van der Waals surface area contributed by atoms with Gasteiger partial charge in [0, 0.05) is 54.8 Å². The number of nitrogens with zero attached hydrogens (tertiary/aromatic N) is 1. The first-order chi connectivity index (χ1) is 20.0. The number of phenolic OH excluding ortho intramolecular Hbond substituents is 1. The predicted molar refractivity (Wildman–Crippen MR) is 159 cm³/mol. The second kappa shape index (κ2) is 16.5. The second-order valence-electron chi connectivity index (χ2n) is 9.71. The van der Waals surface area contributed by atoms with Crippen molar-refractivity contribution in [1.29, 1.82) is 5.41 Å². The maximum Gasteiger partial charge on any atom is 0.321 e. The Balaban J connectivity index is 0.000000284. The van der Waals surface area contributed by atoms with Gasteiger partial charge < -0.3 is 31.8 Å². The van der Waals surface area contributed by atoms with Gasteiger partial charge in [-0.25, -0.2) is 0 Å². The van der Waals surface area contributed by atoms with Crippen molar-refractivity contribution in [3.05, 3.63) is 89.5 Å². The van der Waals surface area contributed by atoms with E-state index >= 15 is 0 Å². The van der Waals surface area contributed by atoms with Crippen LogP contribution in [0.2, 0.25) is 0 Å². The zero-order valence-electron chi connectivity index (χ0n) is 23.6. The Kier molecular flexibility index (Phi) is 13.1. The van der Waals surface area contributed by atoms with Gasteiger partial charge in [0.2, 0.25) is 6.41 Å². The smallest absolute Gasteiger partial charge is 0.321 e. The highest BCUT2D eigenvalue weighted by atomic mass is 19.3. The van der Waals surface area contributed by atoms with Gasteiger partial charge in [-0.3, -0.25) is 14.4 Å². The zero-order chi connectivity index (χ0) is 31.1. The maximum absolute atomic E-state index is 12.6. The first-order valence-corrected chi connectivity index (χ1v) is 13.4. The van der Waals surface area contributed by atoms with Gasteiger partial charge in [0.15, 0.2) is 0 Å². The summed E-state index contributed by atoms with van der Waals surface area (Å²) in [7, 11) is 0. The van der Waals surface area contributed by atoms with E-state index in [-0.39, 0.29) is 24.1 Å². The number of nitrogens with two attached hydrogens (primary N) is 1. The molecule has 0 radical (unpaired) electrons. The summed E-state index contributed by atoms with van der Waals surface area (Å²) in [6, 6.07) is 21.3. The summed E-state index contributed by atoms with van der Waals surface area (Å²) < 4.78 is 25.2. The molecule has 6 N–H and O–H groups in total. The summed E-state index contributed by atoms with van der Waals surface area (Å²) >= 11 is 0. The number of carbonyl (C=O) groups is 3. The average molecular weight is 582 g/mol. The summed E-state index contributed by atoms with van der Waals surface area (Å²) in [4.78, 5) is 33.9. The van der Waals surface area contributed by atoms with Crippen molar-refractivity contribution in [2.24, 2.45) is 5.73 Å². The van der Waals surface area contributed by atoms with E-state index < -0.39 is 11.8 Å². The zero-order valence-corrected chi connectivity index (χ0v) is 23.6. The first kappa shape index (κ1) is 33.4. The van der Waals surface area contributed by atoms with Crippen molar-refractivity contribution in [1.82, 2.24) is 10.2 Å². The van der Waals surface area contributed by atoms with E-state index in [1.54, 1.807) is 19.1 Å². The van der Waals surface area contributed by atoms with Crippen LogP contribution in [0, 0.1) is 5.41 Å². The van der Waals surface area contributed by atoms with E-state index in [9.17, 15) is 23.5 Å². The summed E-state index contributed by atoms with van der Waals surface area (Å²) in [5, 5.41) is 22.4. The number of likely N-dealkylation sites (tertiary alicyclic amines) is 1. The number of benzene rings is 3. The summed E-state index contributed by atoms with van der Waals surface area (Å²) in [5.41, 5.74) is 7.91. The van der Waals surface area contributed by atoms with Crippen molar-refractivity contribution in [2.75, 3.05) is 18.4 Å². The SMILES string of the molecule is CC(Cc1ccccc1)NC(=O)C(C)(F)F.N=Cc1cc(O)ccc1Nc1cccc(C(=O)N2CCCC2)c1.NC=O. The van der Waals surface area contributed by atoms with E-state index in [0.29, 0.717) is 30.2 Å². The lowest BCUT2D eigenvalue weighted by atomic mass is 10.1. The van der Waals surface area contributed by atoms with Gasteiger partial charge in [-0.05, 0) is 68.1 Å². The molecule has 11 heteroatoms. The predicted octanol–water partition coefficient (Wildman–Crippen LogP) is 4.86. The molecule has 0 aromatic heterocycles. The largest absolute Gasteiger partial charge is 0.508 e. The molecule has 3 aromatic carbocycles. The number of primary amides is 1. The number of phenols is 1. The standard InChI is InChI=1S/C18H19N3O2.C12H15F2NO.CH3NO/c19-12-14-11-16(22)6-7-17(14)20-15-5-3-4-13(10-15)18(23)21-8-1-2-9-21;1-9(15-11(16)12(2,13)14)8-10-6-4-3-5-7-10;2-1-3/h3-7,10-12,19-20,22H,1-2,8-9H2;3-7,9H,8H2,1-2H3,(H,15,16);1H,(H2,2,3). The van der Waals surface area contributed by atoms with Gasteiger partial charge in [0.05, 0.1) is 0 Å². The molecule has 0 aliphatic carbocycles. The molecular formula is C31H37F2N5O4. The molecule has 4 rings (SSSR count). The van der Waals surface area contributed by atoms with Crippen molar-refractivity contribution >= 4 is 35.8 Å². The lowest BCUT2D eigenvalue weighted by Crippen LogP contribution is -2.43. The molecule has 0 spiro atoms. The monoisotopic (exact) mass is 581 g/mol. The van der Waals surface area contributed by atoms with Crippen LogP contribution < -0.4 is 16.4 Å². The Labute approximate surface area is 244 Å². The molecular weight excluding hydrogens is 544 g/mol. The third kappa shape index (κ3) is 11.0. The van der Waals surface area contributed by atoms with Crippen LogP contribution >= 0.6 is 0 Å². The normalized spacial score (nSPS) is 12.9. The lowest BCUT2D eigenvalue weighted by Gasteiger charge is -2.17. The van der Waals surface area contributed by atoms with E-state index in [1.807, 2.05) is 59.5 Å². The number of alkyl halides is 2. The van der Waals surface area contributed by atoms with E-state index in [4.69, 9.17) is 10.2 Å². The van der Waals surface area contributed by atoms with Crippen molar-refractivity contribution in [3.8, 4) is 5.75 Å². The fourth-order valence-electron chi connectivity index (χ4n) is 4.14. The Hall–Kier alpha value is -4.80. The highest BCUT2D eigenvalue weighted by molar-refractivity contribution is 5.96. The Bertz CT molecular complexity index is 1330. The third-order valence-corrected chi connectivity index (χ3v) is 6.13.